The van der Waals surface area contributed by atoms with E-state index < -0.39 is 0 Å². The first-order valence-electron chi connectivity index (χ1n) is 7.86. The molecule has 1 saturated heterocycles. The molecule has 3 amide bonds. The van der Waals surface area contributed by atoms with E-state index in [1.165, 1.54) is 0 Å². The van der Waals surface area contributed by atoms with Crippen LogP contribution < -0.4 is 11.1 Å². The van der Waals surface area contributed by atoms with E-state index in [2.05, 4.69) is 19.2 Å². The van der Waals surface area contributed by atoms with E-state index >= 15 is 0 Å². The fourth-order valence-electron chi connectivity index (χ4n) is 2.43. The number of likely N-dealkylation sites (N-methyl/N-ethyl adjacent to an activating group) is 1. The van der Waals surface area contributed by atoms with Gasteiger partial charge in [0, 0.05) is 39.3 Å². The second-order valence-electron chi connectivity index (χ2n) is 6.40. The van der Waals surface area contributed by atoms with Crippen LogP contribution in [0.5, 0.6) is 0 Å². The van der Waals surface area contributed by atoms with Crippen molar-refractivity contribution in [1.82, 2.24) is 15.1 Å². The number of carbonyl (C=O) groups is 2. The average Bonchev–Trinajstić information content (AvgIpc) is 2.50. The number of carbonyl (C=O) groups excluding carboxylic acids is 2. The van der Waals surface area contributed by atoms with Crippen molar-refractivity contribution in [1.29, 1.82) is 0 Å². The van der Waals surface area contributed by atoms with Crippen LogP contribution in [0.15, 0.2) is 0 Å². The predicted molar refractivity (Wildman–Crippen MR) is 83.8 cm³/mol. The first-order valence-corrected chi connectivity index (χ1v) is 7.86. The minimum Gasteiger partial charge on any atom is -0.341 e. The first kappa shape index (κ1) is 17.8. The van der Waals surface area contributed by atoms with Crippen LogP contribution in [0, 0.1) is 11.8 Å². The van der Waals surface area contributed by atoms with Crippen LogP contribution in [0.4, 0.5) is 4.79 Å². The third-order valence-electron chi connectivity index (χ3n) is 4.07. The number of likely N-dealkylation sites (tertiary alicyclic amines) is 1. The Kier molecular flexibility index (Phi) is 6.95. The monoisotopic (exact) mass is 298 g/mol. The largest absolute Gasteiger partial charge is 0.341 e. The summed E-state index contributed by atoms with van der Waals surface area (Å²) >= 11 is 0. The summed E-state index contributed by atoms with van der Waals surface area (Å²) in [4.78, 5) is 28.0. The molecule has 6 nitrogen and oxygen atoms in total. The van der Waals surface area contributed by atoms with Gasteiger partial charge in [0.25, 0.3) is 0 Å². The summed E-state index contributed by atoms with van der Waals surface area (Å²) in [6.45, 7) is 8.41. The summed E-state index contributed by atoms with van der Waals surface area (Å²) in [5.74, 6) is 0.407. The Morgan fingerprint density at radius 2 is 2.05 bits per heavy atom. The quantitative estimate of drug-likeness (QED) is 0.790. The van der Waals surface area contributed by atoms with Gasteiger partial charge < -0.3 is 20.9 Å². The van der Waals surface area contributed by atoms with Crippen LogP contribution >= 0.6 is 0 Å². The molecule has 0 aromatic carbocycles. The van der Waals surface area contributed by atoms with Gasteiger partial charge in [-0.3, -0.25) is 4.79 Å². The Hall–Kier alpha value is -1.30. The van der Waals surface area contributed by atoms with Crippen LogP contribution in [0.25, 0.3) is 0 Å². The second-order valence-corrected chi connectivity index (χ2v) is 6.40. The van der Waals surface area contributed by atoms with Crippen molar-refractivity contribution in [3.63, 3.8) is 0 Å². The SMILES string of the molecule is CC(C)CNC(=O)N1CCCC(C(=O)N(C)C(C)CN)C1. The topological polar surface area (TPSA) is 78.7 Å². The standard InChI is InChI=1S/C15H30N4O2/c1-11(2)9-17-15(21)19-7-5-6-13(10-19)14(20)18(4)12(3)8-16/h11-13H,5-10,16H2,1-4H3,(H,17,21). The number of nitrogens with zero attached hydrogens (tertiary/aromatic N) is 2. The van der Waals surface area contributed by atoms with Gasteiger partial charge in [-0.1, -0.05) is 13.8 Å². The molecule has 0 bridgehead atoms. The van der Waals surface area contributed by atoms with Crippen molar-refractivity contribution in [2.75, 3.05) is 33.2 Å². The molecule has 0 radical (unpaired) electrons. The molecule has 21 heavy (non-hydrogen) atoms. The Morgan fingerprint density at radius 3 is 2.62 bits per heavy atom. The molecule has 6 heteroatoms. The molecule has 0 aromatic heterocycles. The third-order valence-corrected chi connectivity index (χ3v) is 4.07. The Bertz CT molecular complexity index is 360. The molecule has 2 unspecified atom stereocenters. The van der Waals surface area contributed by atoms with Gasteiger partial charge in [-0.05, 0) is 25.7 Å². The summed E-state index contributed by atoms with van der Waals surface area (Å²) in [5, 5.41) is 2.92. The lowest BCUT2D eigenvalue weighted by Gasteiger charge is -2.35. The van der Waals surface area contributed by atoms with E-state index in [4.69, 9.17) is 5.73 Å². The number of piperidine rings is 1. The van der Waals surface area contributed by atoms with Gasteiger partial charge in [0.15, 0.2) is 0 Å². The predicted octanol–water partition coefficient (Wildman–Crippen LogP) is 0.870. The van der Waals surface area contributed by atoms with Crippen LogP contribution in [-0.4, -0.2) is 61.0 Å². The molecule has 0 aromatic rings. The van der Waals surface area contributed by atoms with E-state index in [9.17, 15) is 9.59 Å². The molecular formula is C15H30N4O2. The first-order chi connectivity index (χ1) is 9.86. The van der Waals surface area contributed by atoms with Crippen LogP contribution in [0.2, 0.25) is 0 Å². The lowest BCUT2D eigenvalue weighted by atomic mass is 9.96. The van der Waals surface area contributed by atoms with Crippen molar-refractivity contribution in [2.24, 2.45) is 17.6 Å². The third kappa shape index (κ3) is 5.19. The maximum absolute atomic E-state index is 12.4. The summed E-state index contributed by atoms with van der Waals surface area (Å²) < 4.78 is 0. The molecule has 1 fully saturated rings. The highest BCUT2D eigenvalue weighted by molar-refractivity contribution is 5.81. The number of rotatable bonds is 5. The minimum atomic E-state index is -0.109. The zero-order chi connectivity index (χ0) is 16.0. The number of nitrogens with two attached hydrogens (primary N) is 1. The number of urea groups is 1. The molecule has 0 spiro atoms. The maximum atomic E-state index is 12.4. The highest BCUT2D eigenvalue weighted by Crippen LogP contribution is 2.19. The zero-order valence-corrected chi connectivity index (χ0v) is 13.8. The second kappa shape index (κ2) is 8.22. The van der Waals surface area contributed by atoms with E-state index in [0.717, 1.165) is 19.4 Å². The van der Waals surface area contributed by atoms with Gasteiger partial charge in [-0.25, -0.2) is 4.79 Å². The molecule has 0 aliphatic carbocycles. The van der Waals surface area contributed by atoms with Crippen molar-refractivity contribution in [3.8, 4) is 0 Å². The highest BCUT2D eigenvalue weighted by Gasteiger charge is 2.31. The van der Waals surface area contributed by atoms with E-state index in [1.807, 2.05) is 6.92 Å². The fraction of sp³-hybridized carbons (Fsp3) is 0.867. The van der Waals surface area contributed by atoms with E-state index in [1.54, 1.807) is 16.8 Å². The van der Waals surface area contributed by atoms with Gasteiger partial charge >= 0.3 is 6.03 Å². The van der Waals surface area contributed by atoms with Gasteiger partial charge in [-0.2, -0.15) is 0 Å². The van der Waals surface area contributed by atoms with Crippen LogP contribution in [-0.2, 0) is 4.79 Å². The minimum absolute atomic E-state index is 0.0302. The summed E-state index contributed by atoms with van der Waals surface area (Å²) in [5.41, 5.74) is 5.62. The van der Waals surface area contributed by atoms with Crippen molar-refractivity contribution in [2.45, 2.75) is 39.7 Å². The number of hydrogen-bond donors (Lipinski definition) is 2. The summed E-state index contributed by atoms with van der Waals surface area (Å²) in [6, 6.07) is -0.0293. The van der Waals surface area contributed by atoms with Crippen molar-refractivity contribution < 1.29 is 9.59 Å². The molecular weight excluding hydrogens is 268 g/mol. The normalized spacial score (nSPS) is 20.3. The highest BCUT2D eigenvalue weighted by atomic mass is 16.2. The van der Waals surface area contributed by atoms with Gasteiger partial charge in [-0.15, -0.1) is 0 Å². The lowest BCUT2D eigenvalue weighted by Crippen LogP contribution is -2.51. The fourth-order valence-corrected chi connectivity index (χ4v) is 2.43. The molecule has 2 atom stereocenters. The van der Waals surface area contributed by atoms with Gasteiger partial charge in [0.1, 0.15) is 0 Å². The number of hydrogen-bond acceptors (Lipinski definition) is 3. The van der Waals surface area contributed by atoms with Gasteiger partial charge in [0.2, 0.25) is 5.91 Å². The number of amides is 3. The molecule has 1 aliphatic rings. The van der Waals surface area contributed by atoms with E-state index in [0.29, 0.717) is 25.6 Å². The molecule has 122 valence electrons. The molecule has 0 saturated carbocycles. The Morgan fingerprint density at radius 1 is 1.38 bits per heavy atom. The van der Waals surface area contributed by atoms with Gasteiger partial charge in [0.05, 0.1) is 5.92 Å². The molecule has 1 aliphatic heterocycles. The summed E-state index contributed by atoms with van der Waals surface area (Å²) in [6.07, 6.45) is 1.71. The zero-order valence-electron chi connectivity index (χ0n) is 13.8. The van der Waals surface area contributed by atoms with Crippen molar-refractivity contribution >= 4 is 11.9 Å². The van der Waals surface area contributed by atoms with Crippen molar-refractivity contribution in [3.05, 3.63) is 0 Å². The number of nitrogens with one attached hydrogen (secondary N) is 1. The molecule has 3 N–H and O–H groups in total. The Balaban J connectivity index is 2.55. The van der Waals surface area contributed by atoms with Crippen LogP contribution in [0.1, 0.15) is 33.6 Å². The van der Waals surface area contributed by atoms with E-state index in [-0.39, 0.29) is 23.9 Å². The molecule has 1 heterocycles. The lowest BCUT2D eigenvalue weighted by molar-refractivity contribution is -0.137. The van der Waals surface area contributed by atoms with Crippen LogP contribution in [0.3, 0.4) is 0 Å². The molecule has 1 rings (SSSR count). The summed E-state index contributed by atoms with van der Waals surface area (Å²) in [7, 11) is 1.79. The maximum Gasteiger partial charge on any atom is 0.317 e. The average molecular weight is 298 g/mol. The Labute approximate surface area is 128 Å². The smallest absolute Gasteiger partial charge is 0.317 e.